The number of hydrogen-bond donors (Lipinski definition) is 2. The first-order chi connectivity index (χ1) is 17.7. The van der Waals surface area contributed by atoms with Gasteiger partial charge in [0.1, 0.15) is 0 Å². The zero-order valence-corrected chi connectivity index (χ0v) is 22.5. The fourth-order valence-corrected chi connectivity index (χ4v) is 5.92. The number of piperazine rings is 1. The lowest BCUT2D eigenvalue weighted by Crippen LogP contribution is -2.62. The van der Waals surface area contributed by atoms with Crippen molar-refractivity contribution >= 4 is 17.8 Å². The number of H-pyrrole nitrogens is 1. The number of ether oxygens (including phenoxy) is 1. The lowest BCUT2D eigenvalue weighted by molar-refractivity contribution is 0.00435. The van der Waals surface area contributed by atoms with Crippen molar-refractivity contribution in [2.45, 2.75) is 78.0 Å². The highest BCUT2D eigenvalue weighted by atomic mass is 16.5. The van der Waals surface area contributed by atoms with Crippen LogP contribution in [-0.4, -0.2) is 86.9 Å². The Morgan fingerprint density at radius 3 is 2.68 bits per heavy atom. The lowest BCUT2D eigenvalue weighted by Gasteiger charge is -2.48. The molecule has 0 aromatic carbocycles. The van der Waals surface area contributed by atoms with Crippen molar-refractivity contribution in [3.63, 3.8) is 0 Å². The van der Waals surface area contributed by atoms with Gasteiger partial charge in [0.05, 0.1) is 23.5 Å². The molecule has 2 atom stereocenters. The van der Waals surface area contributed by atoms with E-state index in [1.807, 2.05) is 18.7 Å². The number of rotatable bonds is 5. The molecule has 5 rings (SSSR count). The molecule has 2 aromatic rings. The van der Waals surface area contributed by atoms with Crippen LogP contribution in [0.5, 0.6) is 0 Å². The Bertz CT molecular complexity index is 1140. The molecule has 1 unspecified atom stereocenters. The maximum Gasteiger partial charge on any atom is 0.321 e. The first kappa shape index (κ1) is 25.7. The number of carbonyl (C=O) groups excluding carboxylic acids is 2. The van der Waals surface area contributed by atoms with Crippen LogP contribution in [-0.2, 0) is 16.8 Å². The highest BCUT2D eigenvalue weighted by Gasteiger charge is 2.47. The number of nitrogens with zero attached hydrogens (tertiary/aromatic N) is 5. The molecule has 2 aromatic heterocycles. The Labute approximate surface area is 217 Å². The molecule has 2 N–H and O–H groups in total. The summed E-state index contributed by atoms with van der Waals surface area (Å²) in [5.74, 6) is 0.787. The van der Waals surface area contributed by atoms with Crippen LogP contribution in [0, 0.1) is 12.8 Å². The van der Waals surface area contributed by atoms with Crippen LogP contribution in [0.4, 0.5) is 10.6 Å². The molecule has 3 aliphatic heterocycles. The third-order valence-electron chi connectivity index (χ3n) is 8.31. The summed E-state index contributed by atoms with van der Waals surface area (Å²) in [7, 11) is 0. The van der Waals surface area contributed by atoms with Gasteiger partial charge in [0.15, 0.2) is 5.82 Å². The second kappa shape index (κ2) is 10.1. The fourth-order valence-electron chi connectivity index (χ4n) is 5.92. The van der Waals surface area contributed by atoms with Crippen molar-refractivity contribution < 1.29 is 18.8 Å². The molecule has 0 radical (unpaired) electrons. The second-order valence-electron chi connectivity index (χ2n) is 11.2. The Balaban J connectivity index is 1.29. The van der Waals surface area contributed by atoms with Crippen molar-refractivity contribution in [2.75, 3.05) is 38.2 Å². The first-order valence-electron chi connectivity index (χ1n) is 13.4. The number of anilines is 1. The summed E-state index contributed by atoms with van der Waals surface area (Å²) in [5, 5.41) is 14.0. The van der Waals surface area contributed by atoms with E-state index >= 15 is 0 Å². The van der Waals surface area contributed by atoms with Gasteiger partial charge < -0.3 is 24.4 Å². The highest BCUT2D eigenvalue weighted by molar-refractivity contribution is 6.02. The van der Waals surface area contributed by atoms with Crippen LogP contribution in [0.3, 0.4) is 0 Å². The predicted octanol–water partition coefficient (Wildman–Crippen LogP) is 3.34. The van der Waals surface area contributed by atoms with Gasteiger partial charge in [-0.1, -0.05) is 12.1 Å². The van der Waals surface area contributed by atoms with E-state index in [9.17, 15) is 9.59 Å². The Kier molecular flexibility index (Phi) is 7.01. The molecule has 37 heavy (non-hydrogen) atoms. The summed E-state index contributed by atoms with van der Waals surface area (Å²) in [6.07, 6.45) is 3.14. The van der Waals surface area contributed by atoms with Crippen molar-refractivity contribution in [3.8, 4) is 0 Å². The average molecular weight is 514 g/mol. The topological polar surface area (TPSA) is 120 Å². The molecule has 11 nitrogen and oxygen atoms in total. The number of fused-ring (bicyclic) bond motifs is 1. The SMILES string of the molecule is CCC1CN(CC2CCOCC2)[C@H](C)CN1C(=O)N1Cc2c(NC(=O)c3cc(C)no3)n[nH]c2C1(C)C. The summed E-state index contributed by atoms with van der Waals surface area (Å²) >= 11 is 0. The van der Waals surface area contributed by atoms with Crippen LogP contribution >= 0.6 is 0 Å². The minimum atomic E-state index is -0.591. The first-order valence-corrected chi connectivity index (χ1v) is 13.4. The molecule has 3 aliphatic rings. The van der Waals surface area contributed by atoms with Gasteiger partial charge in [-0.05, 0) is 52.9 Å². The van der Waals surface area contributed by atoms with Crippen LogP contribution in [0.25, 0.3) is 0 Å². The average Bonchev–Trinajstić information content (AvgIpc) is 3.56. The molecule has 0 spiro atoms. The van der Waals surface area contributed by atoms with Crippen LogP contribution in [0.1, 0.15) is 74.5 Å². The van der Waals surface area contributed by atoms with E-state index in [4.69, 9.17) is 9.26 Å². The van der Waals surface area contributed by atoms with E-state index in [0.29, 0.717) is 36.6 Å². The minimum absolute atomic E-state index is 0.0298. The zero-order chi connectivity index (χ0) is 26.3. The number of aromatic nitrogens is 3. The van der Waals surface area contributed by atoms with Crippen LogP contribution in [0.15, 0.2) is 10.6 Å². The van der Waals surface area contributed by atoms with Gasteiger partial charge in [-0.25, -0.2) is 4.79 Å². The fraction of sp³-hybridized carbons (Fsp3) is 0.692. The summed E-state index contributed by atoms with van der Waals surface area (Å²) in [6.45, 7) is 14.9. The number of hydrogen-bond acceptors (Lipinski definition) is 7. The Hall–Kier alpha value is -2.92. The molecular formula is C26H39N7O4. The minimum Gasteiger partial charge on any atom is -0.381 e. The van der Waals surface area contributed by atoms with Gasteiger partial charge in [-0.2, -0.15) is 5.10 Å². The highest BCUT2D eigenvalue weighted by Crippen LogP contribution is 2.41. The van der Waals surface area contributed by atoms with Gasteiger partial charge in [0.25, 0.3) is 5.91 Å². The zero-order valence-electron chi connectivity index (χ0n) is 22.5. The number of amides is 3. The molecule has 0 bridgehead atoms. The van der Waals surface area contributed by atoms with Crippen molar-refractivity contribution in [1.29, 1.82) is 0 Å². The predicted molar refractivity (Wildman–Crippen MR) is 137 cm³/mol. The molecule has 0 aliphatic carbocycles. The van der Waals surface area contributed by atoms with Gasteiger partial charge in [-0.15, -0.1) is 0 Å². The van der Waals surface area contributed by atoms with Gasteiger partial charge in [-0.3, -0.25) is 14.8 Å². The van der Waals surface area contributed by atoms with Gasteiger partial charge >= 0.3 is 6.03 Å². The summed E-state index contributed by atoms with van der Waals surface area (Å²) in [4.78, 5) is 33.2. The summed E-state index contributed by atoms with van der Waals surface area (Å²) < 4.78 is 10.6. The third-order valence-corrected chi connectivity index (χ3v) is 8.31. The van der Waals surface area contributed by atoms with Gasteiger partial charge in [0, 0.05) is 56.6 Å². The monoisotopic (exact) mass is 513 g/mol. The normalized spacial score (nSPS) is 24.4. The van der Waals surface area contributed by atoms with Gasteiger partial charge in [0.2, 0.25) is 5.76 Å². The quantitative estimate of drug-likeness (QED) is 0.629. The number of aromatic amines is 1. The largest absolute Gasteiger partial charge is 0.381 e. The molecule has 0 saturated carbocycles. The summed E-state index contributed by atoms with van der Waals surface area (Å²) in [6, 6.07) is 2.06. The Morgan fingerprint density at radius 2 is 2.00 bits per heavy atom. The van der Waals surface area contributed by atoms with Crippen molar-refractivity contribution in [1.82, 2.24) is 30.1 Å². The molecule has 11 heteroatoms. The molecule has 3 amide bonds. The number of carbonyl (C=O) groups is 2. The van der Waals surface area contributed by atoms with E-state index in [2.05, 4.69) is 44.3 Å². The smallest absolute Gasteiger partial charge is 0.321 e. The molecule has 202 valence electrons. The molecular weight excluding hydrogens is 474 g/mol. The lowest BCUT2D eigenvalue weighted by atomic mass is 9.96. The van der Waals surface area contributed by atoms with Crippen LogP contribution in [0.2, 0.25) is 0 Å². The number of nitrogens with one attached hydrogen (secondary N) is 2. The maximum atomic E-state index is 14.0. The molecule has 2 fully saturated rings. The summed E-state index contributed by atoms with van der Waals surface area (Å²) in [5.41, 5.74) is 1.70. The van der Waals surface area contributed by atoms with E-state index in [1.54, 1.807) is 13.0 Å². The van der Waals surface area contributed by atoms with E-state index in [1.165, 1.54) is 0 Å². The number of urea groups is 1. The van der Waals surface area contributed by atoms with Crippen LogP contribution < -0.4 is 5.32 Å². The molecule has 2 saturated heterocycles. The van der Waals surface area contributed by atoms with Crippen molar-refractivity contribution in [2.24, 2.45) is 5.92 Å². The second-order valence-corrected chi connectivity index (χ2v) is 11.2. The number of aryl methyl sites for hydroxylation is 1. The standard InChI is InChI=1S/C26H39N7O4/c1-6-19-14-31(13-18-7-9-36-10-8-18)17(3)12-32(19)25(35)33-15-20-22(26(33,4)5)28-29-23(20)27-24(34)21-11-16(2)30-37-21/h11,17-19H,6-10,12-15H2,1-5H3,(H2,27,28,29,34)/t17-,19?/m1/s1. The third kappa shape index (κ3) is 4.86. The van der Waals surface area contributed by atoms with E-state index < -0.39 is 11.4 Å². The maximum absolute atomic E-state index is 14.0. The van der Waals surface area contributed by atoms with E-state index in [-0.39, 0.29) is 17.8 Å². The Morgan fingerprint density at radius 1 is 1.24 bits per heavy atom. The van der Waals surface area contributed by atoms with E-state index in [0.717, 1.165) is 56.8 Å². The van der Waals surface area contributed by atoms with Crippen molar-refractivity contribution in [3.05, 3.63) is 28.8 Å². The molecule has 5 heterocycles.